The lowest BCUT2D eigenvalue weighted by Gasteiger charge is -2.16. The molecule has 0 spiro atoms. The summed E-state index contributed by atoms with van der Waals surface area (Å²) in [6.45, 7) is 1.17. The quantitative estimate of drug-likeness (QED) is 0.505. The van der Waals surface area contributed by atoms with Crippen molar-refractivity contribution in [2.75, 3.05) is 13.6 Å². The second kappa shape index (κ2) is 7.33. The molecular formula is C16H15BrINO. The SMILES string of the molecule is CN(CC(=O)c1ccc(I)cc1)Cc1ccccc1Br. The molecule has 0 fully saturated rings. The fourth-order valence-corrected chi connectivity index (χ4v) is 2.72. The number of likely N-dealkylation sites (N-methyl/N-ethyl adjacent to an activating group) is 1. The Labute approximate surface area is 141 Å². The van der Waals surface area contributed by atoms with Gasteiger partial charge in [0.05, 0.1) is 6.54 Å². The van der Waals surface area contributed by atoms with Crippen LogP contribution < -0.4 is 0 Å². The molecule has 4 heteroatoms. The van der Waals surface area contributed by atoms with E-state index in [0.29, 0.717) is 6.54 Å². The molecule has 0 heterocycles. The Morgan fingerprint density at radius 3 is 2.45 bits per heavy atom. The molecule has 0 saturated heterocycles. The number of rotatable bonds is 5. The fourth-order valence-electron chi connectivity index (χ4n) is 1.95. The van der Waals surface area contributed by atoms with Crippen LogP contribution in [0.15, 0.2) is 53.0 Å². The number of ketones is 1. The number of hydrogen-bond donors (Lipinski definition) is 0. The summed E-state index contributed by atoms with van der Waals surface area (Å²) in [5.74, 6) is 0.149. The molecule has 104 valence electrons. The molecule has 2 aromatic carbocycles. The second-order valence-corrected chi connectivity index (χ2v) is 6.79. The summed E-state index contributed by atoms with van der Waals surface area (Å²) < 4.78 is 2.22. The molecule has 0 bridgehead atoms. The van der Waals surface area contributed by atoms with Crippen LogP contribution in [0.3, 0.4) is 0 Å². The Bertz CT molecular complexity index is 598. The molecule has 0 saturated carbocycles. The van der Waals surface area contributed by atoms with Crippen LogP contribution in [0.1, 0.15) is 15.9 Å². The first-order chi connectivity index (χ1) is 9.56. The van der Waals surface area contributed by atoms with E-state index in [1.54, 1.807) is 0 Å². The third-order valence-corrected chi connectivity index (χ3v) is 4.47. The number of benzene rings is 2. The van der Waals surface area contributed by atoms with Crippen molar-refractivity contribution in [2.24, 2.45) is 0 Å². The van der Waals surface area contributed by atoms with Crippen molar-refractivity contribution >= 4 is 44.3 Å². The number of Topliss-reactive ketones (excluding diaryl/α,β-unsaturated/α-hetero) is 1. The van der Waals surface area contributed by atoms with Crippen molar-refractivity contribution in [1.29, 1.82) is 0 Å². The van der Waals surface area contributed by atoms with Gasteiger partial charge in [0.1, 0.15) is 0 Å². The first-order valence-corrected chi connectivity index (χ1v) is 8.14. The Kier molecular flexibility index (Phi) is 5.74. The average Bonchev–Trinajstić information content (AvgIpc) is 2.42. The Balaban J connectivity index is 1.98. The summed E-state index contributed by atoms with van der Waals surface area (Å²) in [7, 11) is 1.96. The van der Waals surface area contributed by atoms with Crippen molar-refractivity contribution in [3.05, 3.63) is 67.7 Å². The van der Waals surface area contributed by atoms with Crippen LogP contribution in [0.4, 0.5) is 0 Å². The molecule has 0 atom stereocenters. The van der Waals surface area contributed by atoms with Gasteiger partial charge in [0.2, 0.25) is 0 Å². The van der Waals surface area contributed by atoms with Crippen LogP contribution in [0.5, 0.6) is 0 Å². The van der Waals surface area contributed by atoms with Gasteiger partial charge in [-0.05, 0) is 53.4 Å². The maximum absolute atomic E-state index is 12.2. The van der Waals surface area contributed by atoms with Gasteiger partial charge in [-0.15, -0.1) is 0 Å². The zero-order chi connectivity index (χ0) is 14.5. The van der Waals surface area contributed by atoms with E-state index in [9.17, 15) is 4.79 Å². The molecule has 0 aliphatic heterocycles. The highest BCUT2D eigenvalue weighted by Gasteiger charge is 2.10. The Morgan fingerprint density at radius 2 is 1.80 bits per heavy atom. The van der Waals surface area contributed by atoms with E-state index in [-0.39, 0.29) is 5.78 Å². The van der Waals surface area contributed by atoms with Crippen molar-refractivity contribution in [3.8, 4) is 0 Å². The van der Waals surface area contributed by atoms with E-state index in [1.807, 2.05) is 54.4 Å². The third kappa shape index (κ3) is 4.40. The summed E-state index contributed by atoms with van der Waals surface area (Å²) in [6.07, 6.45) is 0. The van der Waals surface area contributed by atoms with Crippen LogP contribution >= 0.6 is 38.5 Å². The molecule has 20 heavy (non-hydrogen) atoms. The third-order valence-electron chi connectivity index (χ3n) is 2.98. The topological polar surface area (TPSA) is 20.3 Å². The maximum Gasteiger partial charge on any atom is 0.176 e. The highest BCUT2D eigenvalue weighted by Crippen LogP contribution is 2.17. The van der Waals surface area contributed by atoms with Gasteiger partial charge in [-0.2, -0.15) is 0 Å². The Hall–Kier alpha value is -0.720. The first-order valence-electron chi connectivity index (χ1n) is 6.27. The minimum Gasteiger partial charge on any atom is -0.295 e. The van der Waals surface area contributed by atoms with Crippen LogP contribution in [0.25, 0.3) is 0 Å². The number of carbonyl (C=O) groups excluding carboxylic acids is 1. The number of nitrogens with zero attached hydrogens (tertiary/aromatic N) is 1. The molecule has 0 aliphatic rings. The number of hydrogen-bond acceptors (Lipinski definition) is 2. The molecule has 0 unspecified atom stereocenters. The molecule has 0 aromatic heterocycles. The molecule has 0 N–H and O–H groups in total. The minimum absolute atomic E-state index is 0.149. The second-order valence-electron chi connectivity index (χ2n) is 4.69. The average molecular weight is 444 g/mol. The van der Waals surface area contributed by atoms with Crippen molar-refractivity contribution in [3.63, 3.8) is 0 Å². The number of carbonyl (C=O) groups is 1. The van der Waals surface area contributed by atoms with E-state index < -0.39 is 0 Å². The van der Waals surface area contributed by atoms with Crippen molar-refractivity contribution in [2.45, 2.75) is 6.54 Å². The van der Waals surface area contributed by atoms with Crippen LogP contribution in [0, 0.1) is 3.57 Å². The first kappa shape index (κ1) is 15.7. The lowest BCUT2D eigenvalue weighted by Crippen LogP contribution is -2.25. The van der Waals surface area contributed by atoms with Gasteiger partial charge < -0.3 is 0 Å². The van der Waals surface area contributed by atoms with Crippen LogP contribution in [-0.4, -0.2) is 24.3 Å². The van der Waals surface area contributed by atoms with Crippen molar-refractivity contribution < 1.29 is 4.79 Å². The van der Waals surface area contributed by atoms with Gasteiger partial charge >= 0.3 is 0 Å². The molecular weight excluding hydrogens is 429 g/mol. The zero-order valence-corrected chi connectivity index (χ0v) is 14.9. The highest BCUT2D eigenvalue weighted by molar-refractivity contribution is 14.1. The van der Waals surface area contributed by atoms with Gasteiger partial charge in [0, 0.05) is 20.2 Å². The monoisotopic (exact) mass is 443 g/mol. The van der Waals surface area contributed by atoms with Gasteiger partial charge in [-0.3, -0.25) is 9.69 Å². The van der Waals surface area contributed by atoms with Gasteiger partial charge in [-0.25, -0.2) is 0 Å². The zero-order valence-electron chi connectivity index (χ0n) is 11.1. The lowest BCUT2D eigenvalue weighted by atomic mass is 10.1. The summed E-state index contributed by atoms with van der Waals surface area (Å²) >= 11 is 5.77. The summed E-state index contributed by atoms with van der Waals surface area (Å²) in [5.41, 5.74) is 1.95. The predicted molar refractivity (Wildman–Crippen MR) is 94.0 cm³/mol. The largest absolute Gasteiger partial charge is 0.295 e. The normalized spacial score (nSPS) is 10.8. The predicted octanol–water partition coefficient (Wildman–Crippen LogP) is 4.37. The summed E-state index contributed by atoms with van der Waals surface area (Å²) in [5, 5.41) is 0. The van der Waals surface area contributed by atoms with E-state index in [0.717, 1.165) is 20.2 Å². The summed E-state index contributed by atoms with van der Waals surface area (Å²) in [6, 6.07) is 15.8. The highest BCUT2D eigenvalue weighted by atomic mass is 127. The molecule has 0 amide bonds. The van der Waals surface area contributed by atoms with Gasteiger partial charge in [0.15, 0.2) is 5.78 Å². The molecule has 0 radical (unpaired) electrons. The van der Waals surface area contributed by atoms with E-state index in [2.05, 4.69) is 44.6 Å². The lowest BCUT2D eigenvalue weighted by molar-refractivity contribution is 0.0943. The van der Waals surface area contributed by atoms with E-state index in [4.69, 9.17) is 0 Å². The Morgan fingerprint density at radius 1 is 1.15 bits per heavy atom. The van der Waals surface area contributed by atoms with E-state index >= 15 is 0 Å². The van der Waals surface area contributed by atoms with Crippen molar-refractivity contribution in [1.82, 2.24) is 4.90 Å². The van der Waals surface area contributed by atoms with E-state index in [1.165, 1.54) is 5.56 Å². The molecule has 0 aliphatic carbocycles. The van der Waals surface area contributed by atoms with Crippen LogP contribution in [-0.2, 0) is 6.54 Å². The number of halogens is 2. The minimum atomic E-state index is 0.149. The maximum atomic E-state index is 12.2. The van der Waals surface area contributed by atoms with Gasteiger partial charge in [-0.1, -0.05) is 46.3 Å². The molecule has 2 aromatic rings. The smallest absolute Gasteiger partial charge is 0.176 e. The van der Waals surface area contributed by atoms with Crippen LogP contribution in [0.2, 0.25) is 0 Å². The standard InChI is InChI=1S/C16H15BrINO/c1-19(10-13-4-2-3-5-15(13)17)11-16(20)12-6-8-14(18)9-7-12/h2-9H,10-11H2,1H3. The summed E-state index contributed by atoms with van der Waals surface area (Å²) in [4.78, 5) is 14.2. The molecule has 2 rings (SSSR count). The molecule has 2 nitrogen and oxygen atoms in total. The fraction of sp³-hybridized carbons (Fsp3) is 0.188. The van der Waals surface area contributed by atoms with Gasteiger partial charge in [0.25, 0.3) is 0 Å².